The number of carbonyl (C=O) groups is 1. The number of nitrogens with one attached hydrogen (secondary N) is 1. The molecule has 0 fully saturated rings. The molecule has 0 heterocycles. The van der Waals surface area contributed by atoms with Crippen LogP contribution in [0.4, 0.5) is 0 Å². The van der Waals surface area contributed by atoms with Gasteiger partial charge in [0.2, 0.25) is 0 Å². The third-order valence-electron chi connectivity index (χ3n) is 1.60. The highest BCUT2D eigenvalue weighted by atomic mass is 16.5. The Hall–Kier alpha value is -1.68. The molecule has 0 spiro atoms. The molecule has 3 N–H and O–H groups in total. The van der Waals surface area contributed by atoms with Crippen LogP contribution >= 0.6 is 0 Å². The second-order valence-electron chi connectivity index (χ2n) is 2.98. The van der Waals surface area contributed by atoms with Crippen molar-refractivity contribution in [3.8, 4) is 0 Å². The Bertz CT molecular complexity index is 299. The van der Waals surface area contributed by atoms with Crippen molar-refractivity contribution < 1.29 is 9.53 Å². The van der Waals surface area contributed by atoms with Gasteiger partial charge in [0.05, 0.1) is 13.2 Å². The topological polar surface area (TPSA) is 76.2 Å². The van der Waals surface area contributed by atoms with E-state index in [9.17, 15) is 4.79 Å². The molecule has 1 rings (SSSR count). The number of esters is 1. The number of carbonyl (C=O) groups excluding carboxylic acids is 1. The normalized spacial score (nSPS) is 8.62. The van der Waals surface area contributed by atoms with Crippen LogP contribution < -0.4 is 5.73 Å². The Morgan fingerprint density at radius 3 is 2.44 bits per heavy atom. The van der Waals surface area contributed by atoms with Crippen LogP contribution in [0.25, 0.3) is 0 Å². The highest BCUT2D eigenvalue weighted by Crippen LogP contribution is 1.91. The van der Waals surface area contributed by atoms with Gasteiger partial charge in [-0.1, -0.05) is 37.3 Å². The Kier molecular flexibility index (Phi) is 8.82. The van der Waals surface area contributed by atoms with Crippen molar-refractivity contribution >= 4 is 12.2 Å². The fraction of sp³-hybridized carbons (Fsp3) is 0.333. The average Bonchev–Trinajstić information content (AvgIpc) is 2.37. The number of rotatable bonds is 4. The molecule has 0 aliphatic rings. The fourth-order valence-electron chi connectivity index (χ4n) is 0.824. The van der Waals surface area contributed by atoms with E-state index in [1.54, 1.807) is 0 Å². The van der Waals surface area contributed by atoms with Crippen molar-refractivity contribution in [2.75, 3.05) is 13.2 Å². The SMILES string of the molecule is CCCOC(=O)CN.N=Cc1ccccc1. The number of nitrogens with two attached hydrogens (primary N) is 1. The molecule has 0 aromatic heterocycles. The van der Waals surface area contributed by atoms with Crippen LogP contribution in [0.3, 0.4) is 0 Å². The molecule has 0 amide bonds. The minimum absolute atomic E-state index is 0.0139. The summed E-state index contributed by atoms with van der Waals surface area (Å²) >= 11 is 0. The van der Waals surface area contributed by atoms with Gasteiger partial charge in [-0.25, -0.2) is 0 Å². The third kappa shape index (κ3) is 7.70. The van der Waals surface area contributed by atoms with Crippen molar-refractivity contribution in [1.82, 2.24) is 0 Å². The molecule has 0 aliphatic carbocycles. The zero-order valence-corrected chi connectivity index (χ0v) is 9.48. The van der Waals surface area contributed by atoms with Crippen LogP contribution in [0.2, 0.25) is 0 Å². The first-order valence-electron chi connectivity index (χ1n) is 5.15. The lowest BCUT2D eigenvalue weighted by Gasteiger charge is -1.97. The summed E-state index contributed by atoms with van der Waals surface area (Å²) in [5.41, 5.74) is 5.89. The molecule has 0 atom stereocenters. The summed E-state index contributed by atoms with van der Waals surface area (Å²) < 4.78 is 4.58. The van der Waals surface area contributed by atoms with E-state index in [2.05, 4.69) is 4.74 Å². The molecule has 0 bridgehead atoms. The number of ether oxygens (including phenoxy) is 1. The summed E-state index contributed by atoms with van der Waals surface area (Å²) in [6.07, 6.45) is 2.19. The first-order chi connectivity index (χ1) is 7.74. The standard InChI is InChI=1S/C7H7N.C5H11NO2/c8-6-7-4-2-1-3-5-7;1-2-3-8-5(7)4-6/h1-6,8H;2-4,6H2,1H3. The van der Waals surface area contributed by atoms with Crippen LogP contribution in [-0.2, 0) is 9.53 Å². The van der Waals surface area contributed by atoms with E-state index in [0.29, 0.717) is 6.61 Å². The summed E-state index contributed by atoms with van der Waals surface area (Å²) in [4.78, 5) is 10.2. The molecule has 4 heteroatoms. The average molecular weight is 222 g/mol. The zero-order valence-electron chi connectivity index (χ0n) is 9.48. The quantitative estimate of drug-likeness (QED) is 0.600. The van der Waals surface area contributed by atoms with Crippen molar-refractivity contribution in [1.29, 1.82) is 5.41 Å². The maximum atomic E-state index is 10.2. The van der Waals surface area contributed by atoms with Gasteiger partial charge < -0.3 is 15.9 Å². The van der Waals surface area contributed by atoms with Crippen molar-refractivity contribution in [2.24, 2.45) is 5.73 Å². The van der Waals surface area contributed by atoms with Gasteiger partial charge in [-0.05, 0) is 12.0 Å². The zero-order chi connectivity index (χ0) is 12.2. The molecule has 1 aromatic rings. The molecular weight excluding hydrogens is 204 g/mol. The highest BCUT2D eigenvalue weighted by Gasteiger charge is 1.93. The molecule has 0 saturated heterocycles. The third-order valence-corrected chi connectivity index (χ3v) is 1.60. The molecule has 0 unspecified atom stereocenters. The second-order valence-corrected chi connectivity index (χ2v) is 2.98. The molecule has 0 aliphatic heterocycles. The van der Waals surface area contributed by atoms with Gasteiger partial charge in [0.25, 0.3) is 0 Å². The van der Waals surface area contributed by atoms with Crippen molar-refractivity contribution in [2.45, 2.75) is 13.3 Å². The van der Waals surface area contributed by atoms with Crippen molar-refractivity contribution in [3.05, 3.63) is 35.9 Å². The smallest absolute Gasteiger partial charge is 0.319 e. The van der Waals surface area contributed by atoms with Gasteiger partial charge in [-0.2, -0.15) is 0 Å². The van der Waals surface area contributed by atoms with Gasteiger partial charge in [0, 0.05) is 6.21 Å². The minimum atomic E-state index is -0.327. The summed E-state index contributed by atoms with van der Waals surface area (Å²) in [5.74, 6) is -0.327. The predicted octanol–water partition coefficient (Wildman–Crippen LogP) is 1.58. The van der Waals surface area contributed by atoms with Crippen LogP contribution in [0, 0.1) is 5.41 Å². The molecule has 1 aromatic carbocycles. The van der Waals surface area contributed by atoms with Gasteiger partial charge in [-0.15, -0.1) is 0 Å². The highest BCUT2D eigenvalue weighted by molar-refractivity contribution is 5.76. The molecular formula is C12H18N2O2. The lowest BCUT2D eigenvalue weighted by Crippen LogP contribution is -2.16. The lowest BCUT2D eigenvalue weighted by atomic mass is 10.2. The number of hydrogen-bond acceptors (Lipinski definition) is 4. The summed E-state index contributed by atoms with van der Waals surface area (Å²) in [5, 5.41) is 6.82. The van der Waals surface area contributed by atoms with Gasteiger partial charge in [0.15, 0.2) is 0 Å². The van der Waals surface area contributed by atoms with Crippen LogP contribution in [0.1, 0.15) is 18.9 Å². The van der Waals surface area contributed by atoms with Crippen molar-refractivity contribution in [3.63, 3.8) is 0 Å². The summed E-state index contributed by atoms with van der Waals surface area (Å²) in [6, 6.07) is 9.56. The Morgan fingerprint density at radius 2 is 2.06 bits per heavy atom. The molecule has 4 nitrogen and oxygen atoms in total. The Balaban J connectivity index is 0.000000281. The Morgan fingerprint density at radius 1 is 1.44 bits per heavy atom. The maximum absolute atomic E-state index is 10.2. The van der Waals surface area contributed by atoms with Gasteiger partial charge in [-0.3, -0.25) is 4.79 Å². The number of hydrogen-bond donors (Lipinski definition) is 2. The molecule has 0 radical (unpaired) electrons. The van der Waals surface area contributed by atoms with Gasteiger partial charge in [0.1, 0.15) is 0 Å². The largest absolute Gasteiger partial charge is 0.465 e. The van der Waals surface area contributed by atoms with Crippen LogP contribution in [-0.4, -0.2) is 25.3 Å². The van der Waals surface area contributed by atoms with Crippen LogP contribution in [0.15, 0.2) is 30.3 Å². The van der Waals surface area contributed by atoms with E-state index >= 15 is 0 Å². The monoisotopic (exact) mass is 222 g/mol. The molecule has 0 saturated carbocycles. The van der Waals surface area contributed by atoms with Gasteiger partial charge >= 0.3 is 5.97 Å². The first-order valence-corrected chi connectivity index (χ1v) is 5.15. The number of benzene rings is 1. The van der Waals surface area contributed by atoms with E-state index < -0.39 is 0 Å². The minimum Gasteiger partial charge on any atom is -0.465 e. The molecule has 88 valence electrons. The van der Waals surface area contributed by atoms with E-state index in [0.717, 1.165) is 12.0 Å². The first kappa shape index (κ1) is 14.3. The summed E-state index contributed by atoms with van der Waals surface area (Å²) in [7, 11) is 0. The Labute approximate surface area is 95.9 Å². The predicted molar refractivity (Wildman–Crippen MR) is 64.6 cm³/mol. The summed E-state index contributed by atoms with van der Waals surface area (Å²) in [6.45, 7) is 2.40. The van der Waals surface area contributed by atoms with Crippen LogP contribution in [0.5, 0.6) is 0 Å². The second kappa shape index (κ2) is 9.86. The maximum Gasteiger partial charge on any atom is 0.319 e. The van der Waals surface area contributed by atoms with E-state index in [1.165, 1.54) is 6.21 Å². The lowest BCUT2D eigenvalue weighted by molar-refractivity contribution is -0.141. The van der Waals surface area contributed by atoms with E-state index in [4.69, 9.17) is 11.1 Å². The van der Waals surface area contributed by atoms with E-state index in [-0.39, 0.29) is 12.5 Å². The van der Waals surface area contributed by atoms with E-state index in [1.807, 2.05) is 37.3 Å². The fourth-order valence-corrected chi connectivity index (χ4v) is 0.824. The molecule has 16 heavy (non-hydrogen) atoms.